The molecule has 1 unspecified atom stereocenters. The Labute approximate surface area is 112 Å². The predicted molar refractivity (Wildman–Crippen MR) is 71.5 cm³/mol. The van der Waals surface area contributed by atoms with Crippen molar-refractivity contribution in [2.24, 2.45) is 0 Å². The number of likely N-dealkylation sites (N-methyl/N-ethyl adjacent to an activating group) is 1. The fourth-order valence-corrected chi connectivity index (χ4v) is 1.81. The van der Waals surface area contributed by atoms with Gasteiger partial charge in [-0.3, -0.25) is 9.59 Å². The number of carbonyl (C=O) groups is 2. The predicted octanol–water partition coefficient (Wildman–Crippen LogP) is 1.34. The molecule has 0 fully saturated rings. The van der Waals surface area contributed by atoms with Gasteiger partial charge in [0.2, 0.25) is 0 Å². The van der Waals surface area contributed by atoms with Crippen LogP contribution in [0.5, 0.6) is 5.75 Å². The summed E-state index contributed by atoms with van der Waals surface area (Å²) in [6, 6.07) is 4.60. The van der Waals surface area contributed by atoms with Crippen molar-refractivity contribution in [2.45, 2.75) is 19.4 Å². The summed E-state index contributed by atoms with van der Waals surface area (Å²) in [4.78, 5) is 23.5. The molecule has 5 nitrogen and oxygen atoms in total. The Kier molecular flexibility index (Phi) is 5.51. The van der Waals surface area contributed by atoms with E-state index in [1.54, 1.807) is 32.4 Å². The second kappa shape index (κ2) is 6.89. The Hall–Kier alpha value is -1.88. The van der Waals surface area contributed by atoms with Crippen molar-refractivity contribution in [3.63, 3.8) is 0 Å². The zero-order valence-corrected chi connectivity index (χ0v) is 11.6. The summed E-state index contributed by atoms with van der Waals surface area (Å²) in [5.41, 5.74) is 1.42. The first-order valence-corrected chi connectivity index (χ1v) is 5.96. The van der Waals surface area contributed by atoms with Gasteiger partial charge >= 0.3 is 5.97 Å². The molecule has 0 aliphatic rings. The lowest BCUT2D eigenvalue weighted by atomic mass is 10.00. The van der Waals surface area contributed by atoms with E-state index in [1.807, 2.05) is 6.92 Å². The molecule has 1 atom stereocenters. The molecule has 0 aliphatic carbocycles. The number of benzene rings is 1. The molecular weight excluding hydrogens is 246 g/mol. The number of hydrogen-bond donors (Lipinski definition) is 1. The maximum Gasteiger partial charge on any atom is 0.307 e. The quantitative estimate of drug-likeness (QED) is 0.621. The van der Waals surface area contributed by atoms with Crippen molar-refractivity contribution in [3.8, 4) is 5.75 Å². The van der Waals surface area contributed by atoms with Gasteiger partial charge in [-0.15, -0.1) is 0 Å². The van der Waals surface area contributed by atoms with Crippen LogP contribution in [-0.2, 0) is 9.53 Å². The van der Waals surface area contributed by atoms with E-state index in [9.17, 15) is 9.59 Å². The fourth-order valence-electron chi connectivity index (χ4n) is 1.81. The van der Waals surface area contributed by atoms with Crippen LogP contribution >= 0.6 is 0 Å². The third-order valence-electron chi connectivity index (χ3n) is 2.94. The molecule has 0 aliphatic heterocycles. The van der Waals surface area contributed by atoms with E-state index in [1.165, 1.54) is 7.11 Å². The summed E-state index contributed by atoms with van der Waals surface area (Å²) in [6.07, 6.45) is 0.0108. The summed E-state index contributed by atoms with van der Waals surface area (Å²) < 4.78 is 9.73. The molecule has 0 spiro atoms. The van der Waals surface area contributed by atoms with Crippen LogP contribution in [0.1, 0.15) is 22.3 Å². The van der Waals surface area contributed by atoms with Gasteiger partial charge in [0.25, 0.3) is 0 Å². The fraction of sp³-hybridized carbons (Fsp3) is 0.429. The molecule has 5 heteroatoms. The number of nitrogens with one attached hydrogen (secondary N) is 1. The molecular formula is C14H19NO4. The zero-order chi connectivity index (χ0) is 14.4. The summed E-state index contributed by atoms with van der Waals surface area (Å²) in [7, 11) is 4.52. The Bertz CT molecular complexity index is 471. The third kappa shape index (κ3) is 3.79. The minimum absolute atomic E-state index is 0.0108. The Morgan fingerprint density at radius 3 is 2.47 bits per heavy atom. The third-order valence-corrected chi connectivity index (χ3v) is 2.94. The van der Waals surface area contributed by atoms with Crippen molar-refractivity contribution in [2.75, 3.05) is 21.3 Å². The lowest BCUT2D eigenvalue weighted by molar-refractivity contribution is -0.140. The van der Waals surface area contributed by atoms with Crippen molar-refractivity contribution < 1.29 is 19.1 Å². The first-order chi connectivity index (χ1) is 9.03. The van der Waals surface area contributed by atoms with Gasteiger partial charge in [-0.1, -0.05) is 0 Å². The van der Waals surface area contributed by atoms with Crippen LogP contribution in [-0.4, -0.2) is 39.1 Å². The Balaban J connectivity index is 2.91. The molecule has 1 rings (SSSR count). The van der Waals surface area contributed by atoms with E-state index in [0.29, 0.717) is 5.56 Å². The highest BCUT2D eigenvalue weighted by atomic mass is 16.5. The van der Waals surface area contributed by atoms with Gasteiger partial charge in [0.1, 0.15) is 5.75 Å². The van der Waals surface area contributed by atoms with E-state index in [2.05, 4.69) is 10.1 Å². The highest BCUT2D eigenvalue weighted by Crippen LogP contribution is 2.19. The molecule has 19 heavy (non-hydrogen) atoms. The molecule has 0 amide bonds. The van der Waals surface area contributed by atoms with E-state index in [0.717, 1.165) is 11.3 Å². The smallest absolute Gasteiger partial charge is 0.307 e. The van der Waals surface area contributed by atoms with E-state index in [4.69, 9.17) is 4.74 Å². The Morgan fingerprint density at radius 1 is 1.32 bits per heavy atom. The average Bonchev–Trinajstić information content (AvgIpc) is 2.43. The lowest BCUT2D eigenvalue weighted by Gasteiger charge is -2.14. The number of aryl methyl sites for hydroxylation is 1. The largest absolute Gasteiger partial charge is 0.496 e. The van der Waals surface area contributed by atoms with Crippen LogP contribution < -0.4 is 10.1 Å². The first kappa shape index (κ1) is 15.2. The minimum atomic E-state index is -0.583. The summed E-state index contributed by atoms with van der Waals surface area (Å²) in [5.74, 6) is 0.169. The number of Topliss-reactive ketones (excluding diaryl/α,β-unsaturated/α-hetero) is 1. The zero-order valence-electron chi connectivity index (χ0n) is 11.6. The normalized spacial score (nSPS) is 11.8. The molecule has 1 aromatic rings. The van der Waals surface area contributed by atoms with Crippen LogP contribution in [0.4, 0.5) is 0 Å². The van der Waals surface area contributed by atoms with Gasteiger partial charge in [0.15, 0.2) is 5.78 Å². The molecule has 1 aromatic carbocycles. The highest BCUT2D eigenvalue weighted by Gasteiger charge is 2.22. The molecule has 0 bridgehead atoms. The number of ether oxygens (including phenoxy) is 2. The molecule has 0 saturated heterocycles. The van der Waals surface area contributed by atoms with Gasteiger partial charge in [0.05, 0.1) is 26.7 Å². The van der Waals surface area contributed by atoms with Crippen LogP contribution in [0.3, 0.4) is 0 Å². The molecule has 1 N–H and O–H groups in total. The monoisotopic (exact) mass is 265 g/mol. The SMILES string of the molecule is CNC(CC(=O)OC)C(=O)c1ccc(OC)c(C)c1. The van der Waals surface area contributed by atoms with Crippen LogP contribution in [0.25, 0.3) is 0 Å². The van der Waals surface area contributed by atoms with E-state index < -0.39 is 12.0 Å². The van der Waals surface area contributed by atoms with E-state index >= 15 is 0 Å². The van der Waals surface area contributed by atoms with Gasteiger partial charge in [-0.25, -0.2) is 0 Å². The maximum absolute atomic E-state index is 12.3. The molecule has 0 saturated carbocycles. The van der Waals surface area contributed by atoms with Crippen molar-refractivity contribution in [3.05, 3.63) is 29.3 Å². The van der Waals surface area contributed by atoms with Gasteiger partial charge in [0, 0.05) is 5.56 Å². The van der Waals surface area contributed by atoms with E-state index in [-0.39, 0.29) is 12.2 Å². The number of hydrogen-bond acceptors (Lipinski definition) is 5. The van der Waals surface area contributed by atoms with Crippen molar-refractivity contribution in [1.29, 1.82) is 0 Å². The van der Waals surface area contributed by atoms with Crippen molar-refractivity contribution >= 4 is 11.8 Å². The summed E-state index contributed by atoms with van der Waals surface area (Å²) in [6.45, 7) is 1.87. The first-order valence-electron chi connectivity index (χ1n) is 5.96. The molecule has 0 heterocycles. The number of rotatable bonds is 6. The topological polar surface area (TPSA) is 64.6 Å². The van der Waals surface area contributed by atoms with Crippen molar-refractivity contribution in [1.82, 2.24) is 5.32 Å². The lowest BCUT2D eigenvalue weighted by Crippen LogP contribution is -2.36. The number of methoxy groups -OCH3 is 2. The molecule has 0 aromatic heterocycles. The second-order valence-electron chi connectivity index (χ2n) is 4.17. The number of ketones is 1. The second-order valence-corrected chi connectivity index (χ2v) is 4.17. The average molecular weight is 265 g/mol. The van der Waals surface area contributed by atoms with Crippen LogP contribution in [0.2, 0.25) is 0 Å². The van der Waals surface area contributed by atoms with Gasteiger partial charge in [-0.05, 0) is 37.7 Å². The molecule has 104 valence electrons. The van der Waals surface area contributed by atoms with Gasteiger partial charge < -0.3 is 14.8 Å². The minimum Gasteiger partial charge on any atom is -0.496 e. The standard InChI is InChI=1S/C14H19NO4/c1-9-7-10(5-6-12(9)18-3)14(17)11(15-2)8-13(16)19-4/h5-7,11,15H,8H2,1-4H3. The highest BCUT2D eigenvalue weighted by molar-refractivity contribution is 6.02. The Morgan fingerprint density at radius 2 is 2.00 bits per heavy atom. The van der Waals surface area contributed by atoms with Crippen LogP contribution in [0, 0.1) is 6.92 Å². The number of esters is 1. The maximum atomic E-state index is 12.3. The van der Waals surface area contributed by atoms with Gasteiger partial charge in [-0.2, -0.15) is 0 Å². The number of carbonyl (C=O) groups excluding carboxylic acids is 2. The summed E-state index contributed by atoms with van der Waals surface area (Å²) in [5, 5.41) is 2.83. The molecule has 0 radical (unpaired) electrons. The summed E-state index contributed by atoms with van der Waals surface area (Å²) >= 11 is 0. The van der Waals surface area contributed by atoms with Crippen LogP contribution in [0.15, 0.2) is 18.2 Å².